The Balaban J connectivity index is 2.09. The van der Waals surface area contributed by atoms with Crippen molar-refractivity contribution in [1.29, 1.82) is 5.26 Å². The summed E-state index contributed by atoms with van der Waals surface area (Å²) in [6, 6.07) is 10.9. The minimum absolute atomic E-state index is 0.0642. The zero-order chi connectivity index (χ0) is 15.1. The number of carbonyl (C=O) groups is 1. The number of rotatable bonds is 4. The number of hydrogen-bond donors (Lipinski definition) is 2. The lowest BCUT2D eigenvalue weighted by atomic mass is 10.2. The van der Waals surface area contributed by atoms with Crippen LogP contribution in [-0.2, 0) is 4.79 Å². The van der Waals surface area contributed by atoms with Crippen molar-refractivity contribution in [2.24, 2.45) is 0 Å². The second-order valence-corrected chi connectivity index (χ2v) is 4.16. The number of nitriles is 1. The Bertz CT molecular complexity index is 704. The van der Waals surface area contributed by atoms with Gasteiger partial charge < -0.3 is 10.6 Å². The highest BCUT2D eigenvalue weighted by Crippen LogP contribution is 2.14. The van der Waals surface area contributed by atoms with Crippen molar-refractivity contribution in [3.63, 3.8) is 0 Å². The summed E-state index contributed by atoms with van der Waals surface area (Å²) in [5.74, 6) is -0.177. The van der Waals surface area contributed by atoms with E-state index in [2.05, 4.69) is 20.6 Å². The minimum Gasteiger partial charge on any atom is -0.329 e. The molecular formula is C15H13N5O. The van der Waals surface area contributed by atoms with E-state index < -0.39 is 5.91 Å². The Morgan fingerprint density at radius 3 is 2.62 bits per heavy atom. The predicted molar refractivity (Wildman–Crippen MR) is 79.2 cm³/mol. The molecule has 0 saturated heterocycles. The molecule has 1 aromatic carbocycles. The fraction of sp³-hybridized carbons (Fsp3) is 0.0667. The largest absolute Gasteiger partial charge is 0.329 e. The molecule has 1 aromatic heterocycles. The molecule has 0 unspecified atom stereocenters. The maximum Gasteiger partial charge on any atom is 0.267 e. The normalized spacial score (nSPS) is 10.6. The standard InChI is InChI=1S/C15H13N5O/c1-11-5-2-3-6-13(11)20-14(21)12(9-16)10-19-15-17-7-4-8-18-15/h2-8,10H,1H3,(H,20,21)(H,17,18,19)/b12-10-. The van der Waals surface area contributed by atoms with Gasteiger partial charge >= 0.3 is 0 Å². The van der Waals surface area contributed by atoms with Gasteiger partial charge in [-0.1, -0.05) is 18.2 Å². The van der Waals surface area contributed by atoms with Crippen LogP contribution in [0.25, 0.3) is 0 Å². The molecule has 6 heteroatoms. The number of aromatic nitrogens is 2. The smallest absolute Gasteiger partial charge is 0.267 e. The second kappa shape index (κ2) is 6.82. The van der Waals surface area contributed by atoms with Gasteiger partial charge in [-0.15, -0.1) is 0 Å². The summed E-state index contributed by atoms with van der Waals surface area (Å²) in [5.41, 5.74) is 1.52. The average Bonchev–Trinajstić information content (AvgIpc) is 2.51. The van der Waals surface area contributed by atoms with E-state index in [-0.39, 0.29) is 5.57 Å². The van der Waals surface area contributed by atoms with Crippen LogP contribution in [0.4, 0.5) is 11.6 Å². The quantitative estimate of drug-likeness (QED) is 0.661. The molecule has 104 valence electrons. The highest BCUT2D eigenvalue weighted by atomic mass is 16.1. The van der Waals surface area contributed by atoms with Crippen LogP contribution < -0.4 is 10.6 Å². The van der Waals surface area contributed by atoms with Crippen molar-refractivity contribution in [3.05, 3.63) is 60.1 Å². The van der Waals surface area contributed by atoms with Crippen molar-refractivity contribution in [2.75, 3.05) is 10.6 Å². The van der Waals surface area contributed by atoms with Crippen molar-refractivity contribution in [2.45, 2.75) is 6.92 Å². The molecule has 1 heterocycles. The topological polar surface area (TPSA) is 90.7 Å². The van der Waals surface area contributed by atoms with Gasteiger partial charge in [-0.05, 0) is 24.6 Å². The van der Waals surface area contributed by atoms with Gasteiger partial charge in [-0.2, -0.15) is 5.26 Å². The van der Waals surface area contributed by atoms with Crippen LogP contribution in [0.1, 0.15) is 5.56 Å². The number of carbonyl (C=O) groups excluding carboxylic acids is 1. The van der Waals surface area contributed by atoms with Gasteiger partial charge in [0.05, 0.1) is 0 Å². The van der Waals surface area contributed by atoms with E-state index in [4.69, 9.17) is 5.26 Å². The van der Waals surface area contributed by atoms with Crippen molar-refractivity contribution < 1.29 is 4.79 Å². The molecule has 2 aromatic rings. The summed E-state index contributed by atoms with van der Waals surface area (Å²) in [5, 5.41) is 14.5. The molecule has 21 heavy (non-hydrogen) atoms. The summed E-state index contributed by atoms with van der Waals surface area (Å²) in [7, 11) is 0. The molecule has 0 saturated carbocycles. The van der Waals surface area contributed by atoms with Crippen LogP contribution in [0, 0.1) is 18.3 Å². The highest BCUT2D eigenvalue weighted by Gasteiger charge is 2.10. The Morgan fingerprint density at radius 2 is 1.95 bits per heavy atom. The first-order valence-electron chi connectivity index (χ1n) is 6.21. The molecule has 2 N–H and O–H groups in total. The van der Waals surface area contributed by atoms with Crippen molar-refractivity contribution >= 4 is 17.5 Å². The van der Waals surface area contributed by atoms with Gasteiger partial charge in [-0.25, -0.2) is 9.97 Å². The highest BCUT2D eigenvalue weighted by molar-refractivity contribution is 6.07. The van der Waals surface area contributed by atoms with E-state index in [9.17, 15) is 4.79 Å². The average molecular weight is 279 g/mol. The van der Waals surface area contributed by atoms with Gasteiger partial charge in [0.25, 0.3) is 5.91 Å². The fourth-order valence-corrected chi connectivity index (χ4v) is 1.56. The summed E-state index contributed by atoms with van der Waals surface area (Å²) < 4.78 is 0. The van der Waals surface area contributed by atoms with Crippen LogP contribution in [0.2, 0.25) is 0 Å². The molecule has 0 spiro atoms. The van der Waals surface area contributed by atoms with Gasteiger partial charge in [0.2, 0.25) is 5.95 Å². The van der Waals surface area contributed by atoms with Gasteiger partial charge in [-0.3, -0.25) is 4.79 Å². The van der Waals surface area contributed by atoms with E-state index >= 15 is 0 Å². The maximum atomic E-state index is 12.0. The lowest BCUT2D eigenvalue weighted by molar-refractivity contribution is -0.112. The summed E-state index contributed by atoms with van der Waals surface area (Å²) in [6.07, 6.45) is 4.40. The third kappa shape index (κ3) is 3.88. The second-order valence-electron chi connectivity index (χ2n) is 4.16. The molecule has 0 radical (unpaired) electrons. The Kier molecular flexibility index (Phi) is 4.62. The third-order valence-electron chi connectivity index (χ3n) is 2.67. The molecule has 1 amide bonds. The first kappa shape index (κ1) is 14.2. The lowest BCUT2D eigenvalue weighted by Crippen LogP contribution is -2.15. The van der Waals surface area contributed by atoms with E-state index in [1.54, 1.807) is 24.5 Å². The predicted octanol–water partition coefficient (Wildman–Crippen LogP) is 2.24. The number of aryl methyl sites for hydroxylation is 1. The van der Waals surface area contributed by atoms with Crippen LogP contribution in [0.3, 0.4) is 0 Å². The first-order chi connectivity index (χ1) is 10.2. The van der Waals surface area contributed by atoms with Crippen LogP contribution in [-0.4, -0.2) is 15.9 Å². The number of para-hydroxylation sites is 1. The molecule has 0 bridgehead atoms. The van der Waals surface area contributed by atoms with E-state index in [1.165, 1.54) is 6.20 Å². The molecule has 2 rings (SSSR count). The van der Waals surface area contributed by atoms with Crippen LogP contribution in [0.15, 0.2) is 54.5 Å². The van der Waals surface area contributed by atoms with E-state index in [1.807, 2.05) is 31.2 Å². The number of amides is 1. The number of hydrogen-bond acceptors (Lipinski definition) is 5. The van der Waals surface area contributed by atoms with E-state index in [0.717, 1.165) is 5.56 Å². The third-order valence-corrected chi connectivity index (χ3v) is 2.67. The monoisotopic (exact) mass is 279 g/mol. The maximum absolute atomic E-state index is 12.0. The summed E-state index contributed by atoms with van der Waals surface area (Å²) in [4.78, 5) is 19.9. The fourth-order valence-electron chi connectivity index (χ4n) is 1.56. The molecule has 0 atom stereocenters. The summed E-state index contributed by atoms with van der Waals surface area (Å²) in [6.45, 7) is 1.88. The van der Waals surface area contributed by atoms with Gasteiger partial charge in [0.1, 0.15) is 11.6 Å². The van der Waals surface area contributed by atoms with Gasteiger partial charge in [0.15, 0.2) is 0 Å². The molecule has 0 aliphatic rings. The molecule has 0 fully saturated rings. The molecule has 0 aliphatic carbocycles. The number of benzene rings is 1. The number of anilines is 2. The van der Waals surface area contributed by atoms with Gasteiger partial charge in [0, 0.05) is 24.3 Å². The molecule has 0 aliphatic heterocycles. The van der Waals surface area contributed by atoms with Crippen molar-refractivity contribution in [3.8, 4) is 6.07 Å². The van der Waals surface area contributed by atoms with Crippen LogP contribution >= 0.6 is 0 Å². The molecule has 6 nitrogen and oxygen atoms in total. The SMILES string of the molecule is Cc1ccccc1NC(=O)/C(C#N)=C\Nc1ncccn1. The number of nitrogens with zero attached hydrogens (tertiary/aromatic N) is 3. The molecular weight excluding hydrogens is 266 g/mol. The lowest BCUT2D eigenvalue weighted by Gasteiger charge is -2.07. The number of nitrogens with one attached hydrogen (secondary N) is 2. The van der Waals surface area contributed by atoms with Crippen LogP contribution in [0.5, 0.6) is 0 Å². The van der Waals surface area contributed by atoms with E-state index in [0.29, 0.717) is 11.6 Å². The minimum atomic E-state index is -0.491. The summed E-state index contributed by atoms with van der Waals surface area (Å²) >= 11 is 0. The van der Waals surface area contributed by atoms with Crippen molar-refractivity contribution in [1.82, 2.24) is 9.97 Å². The zero-order valence-corrected chi connectivity index (χ0v) is 11.4. The Hall–Kier alpha value is -3.20. The Labute approximate surface area is 122 Å². The first-order valence-corrected chi connectivity index (χ1v) is 6.21. The Morgan fingerprint density at radius 1 is 1.24 bits per heavy atom. The zero-order valence-electron chi connectivity index (χ0n) is 11.4.